The third-order valence-electron chi connectivity index (χ3n) is 3.64. The first-order chi connectivity index (χ1) is 14.9. The summed E-state index contributed by atoms with van der Waals surface area (Å²) in [6, 6.07) is 0. The third kappa shape index (κ3) is 17.0. The lowest BCUT2D eigenvalue weighted by molar-refractivity contribution is -0.150. The van der Waals surface area contributed by atoms with Gasteiger partial charge in [0.2, 0.25) is 0 Å². The van der Waals surface area contributed by atoms with Gasteiger partial charge in [0.25, 0.3) is 0 Å². The average Bonchev–Trinajstić information content (AvgIpc) is 2.70. The molecule has 12 heteroatoms. The van der Waals surface area contributed by atoms with Crippen molar-refractivity contribution in [2.45, 2.75) is 73.0 Å². The van der Waals surface area contributed by atoms with Crippen LogP contribution in [0.4, 0.5) is 0 Å². The van der Waals surface area contributed by atoms with Crippen molar-refractivity contribution in [2.24, 2.45) is 0 Å². The molecule has 0 aliphatic heterocycles. The van der Waals surface area contributed by atoms with Crippen LogP contribution < -0.4 is 0 Å². The van der Waals surface area contributed by atoms with Crippen LogP contribution in [0.15, 0.2) is 0 Å². The number of carbonyl (C=O) groups excluding carboxylic acids is 2. The van der Waals surface area contributed by atoms with Gasteiger partial charge < -0.3 is 23.0 Å². The van der Waals surface area contributed by atoms with Crippen molar-refractivity contribution in [1.29, 1.82) is 0 Å². The standard InChI is InChI=1S/C20H40O10P2/c1-7-10-26-31(23,28-15-19(6)21)13-8-9-14-32(24,27-12-11-25-17(2)3)29-16-20(22)30-18(4)5/h17-18H,7-16H2,1-6H3. The van der Waals surface area contributed by atoms with Crippen LogP contribution in [0.5, 0.6) is 0 Å². The molecule has 2 atom stereocenters. The Morgan fingerprint density at radius 3 is 1.75 bits per heavy atom. The van der Waals surface area contributed by atoms with Gasteiger partial charge in [0.15, 0.2) is 12.4 Å². The summed E-state index contributed by atoms with van der Waals surface area (Å²) in [4.78, 5) is 22.9. The van der Waals surface area contributed by atoms with E-state index in [0.717, 1.165) is 0 Å². The molecule has 0 aliphatic carbocycles. The summed E-state index contributed by atoms with van der Waals surface area (Å²) in [6.07, 6.45) is 1.05. The van der Waals surface area contributed by atoms with Gasteiger partial charge in [0.1, 0.15) is 6.61 Å². The van der Waals surface area contributed by atoms with Crippen LogP contribution >= 0.6 is 15.2 Å². The topological polar surface area (TPSA) is 124 Å². The molecule has 190 valence electrons. The lowest BCUT2D eigenvalue weighted by Gasteiger charge is -2.20. The molecule has 0 amide bonds. The minimum absolute atomic E-state index is 0.00409. The van der Waals surface area contributed by atoms with E-state index in [1.54, 1.807) is 13.8 Å². The fraction of sp³-hybridized carbons (Fsp3) is 0.900. The zero-order valence-electron chi connectivity index (χ0n) is 20.2. The maximum atomic E-state index is 13.1. The molecule has 0 saturated carbocycles. The van der Waals surface area contributed by atoms with Crippen molar-refractivity contribution < 1.29 is 46.3 Å². The largest absolute Gasteiger partial charge is 0.461 e. The fourth-order valence-corrected chi connectivity index (χ4v) is 5.65. The zero-order chi connectivity index (χ0) is 24.6. The van der Waals surface area contributed by atoms with E-state index >= 15 is 0 Å². The maximum absolute atomic E-state index is 13.1. The molecule has 0 saturated heterocycles. The van der Waals surface area contributed by atoms with Gasteiger partial charge >= 0.3 is 21.2 Å². The highest BCUT2D eigenvalue weighted by molar-refractivity contribution is 7.54. The van der Waals surface area contributed by atoms with Crippen molar-refractivity contribution in [2.75, 3.05) is 45.4 Å². The molecule has 0 bridgehead atoms. The summed E-state index contributed by atoms with van der Waals surface area (Å²) in [5.74, 6) is -0.897. The number of unbranched alkanes of at least 4 members (excludes halogenated alkanes) is 1. The van der Waals surface area contributed by atoms with Gasteiger partial charge in [-0.05, 0) is 53.9 Å². The number of esters is 1. The van der Waals surface area contributed by atoms with Crippen LogP contribution in [-0.4, -0.2) is 69.3 Å². The van der Waals surface area contributed by atoms with Gasteiger partial charge in [-0.3, -0.25) is 18.4 Å². The van der Waals surface area contributed by atoms with Crippen molar-refractivity contribution >= 4 is 26.9 Å². The van der Waals surface area contributed by atoms with Gasteiger partial charge in [-0.25, -0.2) is 4.79 Å². The summed E-state index contributed by atoms with van der Waals surface area (Å²) in [7, 11) is -7.06. The highest BCUT2D eigenvalue weighted by Crippen LogP contribution is 2.51. The Balaban J connectivity index is 4.82. The predicted molar refractivity (Wildman–Crippen MR) is 121 cm³/mol. The monoisotopic (exact) mass is 502 g/mol. The Kier molecular flexibility index (Phi) is 16.6. The van der Waals surface area contributed by atoms with E-state index in [1.807, 2.05) is 20.8 Å². The Morgan fingerprint density at radius 1 is 0.750 bits per heavy atom. The molecule has 0 spiro atoms. The summed E-state index contributed by atoms with van der Waals surface area (Å²) < 4.78 is 57.5. The highest BCUT2D eigenvalue weighted by atomic mass is 31.2. The Morgan fingerprint density at radius 2 is 1.28 bits per heavy atom. The van der Waals surface area contributed by atoms with Gasteiger partial charge in [0, 0.05) is 0 Å². The van der Waals surface area contributed by atoms with Crippen molar-refractivity contribution in [3.05, 3.63) is 0 Å². The van der Waals surface area contributed by atoms with Crippen molar-refractivity contribution in [3.63, 3.8) is 0 Å². The first kappa shape index (κ1) is 31.4. The smallest absolute Gasteiger partial charge is 0.332 e. The van der Waals surface area contributed by atoms with Crippen LogP contribution in [-0.2, 0) is 46.3 Å². The number of carbonyl (C=O) groups is 2. The van der Waals surface area contributed by atoms with Gasteiger partial charge in [-0.2, -0.15) is 0 Å². The van der Waals surface area contributed by atoms with Crippen LogP contribution in [0.25, 0.3) is 0 Å². The molecule has 0 N–H and O–H groups in total. The number of rotatable bonds is 20. The molecule has 2 unspecified atom stereocenters. The zero-order valence-corrected chi connectivity index (χ0v) is 22.0. The molecule has 0 aromatic rings. The normalized spacial score (nSPS) is 15.5. The summed E-state index contributed by atoms with van der Waals surface area (Å²) in [5, 5.41) is 0. The lowest BCUT2D eigenvalue weighted by Crippen LogP contribution is -2.18. The van der Waals surface area contributed by atoms with E-state index in [-0.39, 0.29) is 56.7 Å². The minimum atomic E-state index is -3.62. The SMILES string of the molecule is CCCOP(=O)(CCCCP(=O)(OCCOC(C)C)OCC(=O)OC(C)C)OCC(C)=O. The number of hydrogen-bond acceptors (Lipinski definition) is 10. The molecule has 10 nitrogen and oxygen atoms in total. The molecular formula is C20H40O10P2. The summed E-state index contributed by atoms with van der Waals surface area (Å²) >= 11 is 0. The van der Waals surface area contributed by atoms with Gasteiger partial charge in [-0.1, -0.05) is 6.92 Å². The number of Topliss-reactive ketones (excluding diaryl/α,β-unsaturated/α-hetero) is 1. The molecule has 0 fully saturated rings. The van der Waals surface area contributed by atoms with Crippen LogP contribution in [0.3, 0.4) is 0 Å². The Bertz CT molecular complexity index is 636. The molecule has 0 aromatic carbocycles. The predicted octanol–water partition coefficient (Wildman–Crippen LogP) is 4.59. The second kappa shape index (κ2) is 16.9. The Hall–Kier alpha value is -0.600. The summed E-state index contributed by atoms with van der Waals surface area (Å²) in [6.45, 7) is 10.0. The minimum Gasteiger partial charge on any atom is -0.461 e. The number of ether oxygens (including phenoxy) is 2. The quantitative estimate of drug-likeness (QED) is 0.133. The van der Waals surface area contributed by atoms with E-state index in [2.05, 4.69) is 0 Å². The van der Waals surface area contributed by atoms with E-state index in [9.17, 15) is 18.7 Å². The molecular weight excluding hydrogens is 462 g/mol. The number of ketones is 1. The van der Waals surface area contributed by atoms with E-state index in [4.69, 9.17) is 27.6 Å². The first-order valence-electron chi connectivity index (χ1n) is 11.0. The maximum Gasteiger partial charge on any atom is 0.332 e. The molecule has 0 aromatic heterocycles. The first-order valence-corrected chi connectivity index (χ1v) is 14.4. The summed E-state index contributed by atoms with van der Waals surface area (Å²) in [5.41, 5.74) is 0. The van der Waals surface area contributed by atoms with Crippen molar-refractivity contribution in [1.82, 2.24) is 0 Å². The number of hydrogen-bond donors (Lipinski definition) is 0. The van der Waals surface area contributed by atoms with E-state index in [1.165, 1.54) is 6.92 Å². The lowest BCUT2D eigenvalue weighted by atomic mass is 10.4. The second-order valence-corrected chi connectivity index (χ2v) is 12.1. The molecule has 0 heterocycles. The Labute approximate surface area is 192 Å². The van der Waals surface area contributed by atoms with Gasteiger partial charge in [0.05, 0.1) is 44.4 Å². The van der Waals surface area contributed by atoms with E-state index in [0.29, 0.717) is 19.3 Å². The van der Waals surface area contributed by atoms with Crippen LogP contribution in [0.1, 0.15) is 60.8 Å². The highest BCUT2D eigenvalue weighted by Gasteiger charge is 2.29. The fourth-order valence-electron chi connectivity index (χ4n) is 2.27. The molecule has 0 rings (SSSR count). The molecule has 32 heavy (non-hydrogen) atoms. The van der Waals surface area contributed by atoms with Crippen molar-refractivity contribution in [3.8, 4) is 0 Å². The van der Waals surface area contributed by atoms with E-state index < -0.39 is 27.8 Å². The average molecular weight is 502 g/mol. The molecule has 0 aliphatic rings. The second-order valence-electron chi connectivity index (χ2n) is 7.75. The van der Waals surface area contributed by atoms with Crippen LogP contribution in [0.2, 0.25) is 0 Å². The molecule has 0 radical (unpaired) electrons. The third-order valence-corrected chi connectivity index (χ3v) is 7.56. The van der Waals surface area contributed by atoms with Gasteiger partial charge in [-0.15, -0.1) is 0 Å². The van der Waals surface area contributed by atoms with Crippen LogP contribution in [0, 0.1) is 0 Å².